The maximum absolute atomic E-state index is 14.2. The van der Waals surface area contributed by atoms with Crippen molar-refractivity contribution in [3.8, 4) is 23.3 Å². The highest BCUT2D eigenvalue weighted by molar-refractivity contribution is 5.97. The average molecular weight is 621 g/mol. The number of carbonyl (C=O) groups is 2. The molecular formula is C34H36N8O4. The number of nitrogen functional groups attached to an aromatic ring is 1. The number of hydrogen-bond acceptors (Lipinski definition) is 8. The second-order valence-electron chi connectivity index (χ2n) is 12.1. The molecule has 0 spiro atoms. The number of rotatable bonds is 7. The topological polar surface area (TPSA) is 152 Å². The smallest absolute Gasteiger partial charge is 0.334 e. The molecule has 2 aromatic carbocycles. The number of nitrogens with two attached hydrogens (primary N) is 1. The molecule has 2 aliphatic rings. The number of benzene rings is 2. The SMILES string of the molecule is CC(C)(/C=C(/C#N)C(=O)N1CCC[C@@H](n2c(=O)n(-c3ccc(Oc4ccccc4)cc3)c3c(N)nccc32)C1)N1CCNC(=O)C1. The molecule has 4 heterocycles. The first-order chi connectivity index (χ1) is 22.2. The van der Waals surface area contributed by atoms with Gasteiger partial charge in [-0.2, -0.15) is 5.26 Å². The zero-order chi connectivity index (χ0) is 32.4. The number of nitrogens with zero attached hydrogens (tertiary/aromatic N) is 6. The first kappa shape index (κ1) is 30.6. The summed E-state index contributed by atoms with van der Waals surface area (Å²) in [5, 5.41) is 12.8. The van der Waals surface area contributed by atoms with E-state index in [-0.39, 0.29) is 42.1 Å². The molecule has 0 saturated carbocycles. The first-order valence-corrected chi connectivity index (χ1v) is 15.3. The summed E-state index contributed by atoms with van der Waals surface area (Å²) >= 11 is 0. The van der Waals surface area contributed by atoms with Gasteiger partial charge in [-0.15, -0.1) is 0 Å². The van der Waals surface area contributed by atoms with Crippen LogP contribution >= 0.6 is 0 Å². The maximum atomic E-state index is 14.2. The summed E-state index contributed by atoms with van der Waals surface area (Å²) in [5.74, 6) is 1.05. The minimum absolute atomic E-state index is 0.0117. The molecule has 0 radical (unpaired) electrons. The Bertz CT molecular complexity index is 1900. The molecule has 3 N–H and O–H groups in total. The van der Waals surface area contributed by atoms with Crippen molar-refractivity contribution in [1.29, 1.82) is 5.26 Å². The fraction of sp³-hybridized carbons (Fsp3) is 0.324. The zero-order valence-corrected chi connectivity index (χ0v) is 25.8. The highest BCUT2D eigenvalue weighted by Gasteiger charge is 2.34. The minimum Gasteiger partial charge on any atom is -0.457 e. The molecule has 2 aliphatic heterocycles. The number of imidazole rings is 1. The normalized spacial score (nSPS) is 17.8. The Kier molecular flexibility index (Phi) is 8.34. The van der Waals surface area contributed by atoms with E-state index in [2.05, 4.69) is 16.4 Å². The van der Waals surface area contributed by atoms with E-state index in [1.165, 1.54) is 0 Å². The number of piperazine rings is 1. The third-order valence-electron chi connectivity index (χ3n) is 8.64. The van der Waals surface area contributed by atoms with Crippen LogP contribution in [0.1, 0.15) is 32.7 Å². The Labute approximate surface area is 266 Å². The van der Waals surface area contributed by atoms with E-state index in [4.69, 9.17) is 10.5 Å². The Morgan fingerprint density at radius 3 is 2.54 bits per heavy atom. The van der Waals surface area contributed by atoms with Crippen LogP contribution in [0.2, 0.25) is 0 Å². The Morgan fingerprint density at radius 1 is 1.09 bits per heavy atom. The molecule has 0 aliphatic carbocycles. The van der Waals surface area contributed by atoms with Crippen LogP contribution in [-0.2, 0) is 9.59 Å². The number of likely N-dealkylation sites (tertiary alicyclic amines) is 1. The standard InChI is InChI=1S/C34H36N8O4/c1-34(2,40-18-16-37-29(43)22-40)19-23(20-35)32(44)39-17-6-7-25(21-39)41-28-14-15-38-31(36)30(28)42(33(41)45)24-10-12-27(13-11-24)46-26-8-4-3-5-9-26/h3-5,8-15,19,25H,6-7,16-18,21-22H2,1-2H3,(H2,36,38)(H,37,43)/b23-19-/t25-/m1/s1. The predicted octanol–water partition coefficient (Wildman–Crippen LogP) is 3.39. The van der Waals surface area contributed by atoms with Crippen LogP contribution in [0.15, 0.2) is 83.3 Å². The second kappa shape index (κ2) is 12.5. The fourth-order valence-corrected chi connectivity index (χ4v) is 6.31. The molecule has 0 unspecified atom stereocenters. The van der Waals surface area contributed by atoms with Crippen molar-refractivity contribution in [3.05, 3.63) is 89.0 Å². The molecule has 1 atom stereocenters. The number of aromatic nitrogens is 3. The summed E-state index contributed by atoms with van der Waals surface area (Å²) in [7, 11) is 0. The number of nitriles is 1. The largest absolute Gasteiger partial charge is 0.457 e. The van der Waals surface area contributed by atoms with Gasteiger partial charge in [0.1, 0.15) is 34.5 Å². The molecular weight excluding hydrogens is 584 g/mol. The summed E-state index contributed by atoms with van der Waals surface area (Å²) in [4.78, 5) is 47.7. The fourth-order valence-electron chi connectivity index (χ4n) is 6.31. The molecule has 2 aromatic heterocycles. The van der Waals surface area contributed by atoms with Crippen LogP contribution in [0.25, 0.3) is 16.7 Å². The molecule has 2 saturated heterocycles. The monoisotopic (exact) mass is 620 g/mol. The molecule has 4 aromatic rings. The third-order valence-corrected chi connectivity index (χ3v) is 8.64. The predicted molar refractivity (Wildman–Crippen MR) is 173 cm³/mol. The summed E-state index contributed by atoms with van der Waals surface area (Å²) < 4.78 is 9.16. The lowest BCUT2D eigenvalue weighted by Gasteiger charge is -2.39. The van der Waals surface area contributed by atoms with Crippen LogP contribution in [-0.4, -0.2) is 74.0 Å². The van der Waals surface area contributed by atoms with Crippen molar-refractivity contribution in [3.63, 3.8) is 0 Å². The first-order valence-electron chi connectivity index (χ1n) is 15.3. The molecule has 2 amide bonds. The van der Waals surface area contributed by atoms with Crippen molar-refractivity contribution in [1.82, 2.24) is 29.2 Å². The molecule has 46 heavy (non-hydrogen) atoms. The van der Waals surface area contributed by atoms with Gasteiger partial charge >= 0.3 is 5.69 Å². The number of fused-ring (bicyclic) bond motifs is 1. The molecule has 12 heteroatoms. The van der Waals surface area contributed by atoms with Crippen molar-refractivity contribution in [2.24, 2.45) is 0 Å². The van der Waals surface area contributed by atoms with Gasteiger partial charge in [-0.05, 0) is 75.2 Å². The van der Waals surface area contributed by atoms with E-state index in [9.17, 15) is 19.6 Å². The van der Waals surface area contributed by atoms with E-state index in [1.807, 2.05) is 49.1 Å². The van der Waals surface area contributed by atoms with Crippen LogP contribution in [0, 0.1) is 11.3 Å². The van der Waals surface area contributed by atoms with E-state index in [0.717, 1.165) is 0 Å². The van der Waals surface area contributed by atoms with Gasteiger partial charge < -0.3 is 20.7 Å². The second-order valence-corrected chi connectivity index (χ2v) is 12.1. The molecule has 12 nitrogen and oxygen atoms in total. The number of amides is 2. The number of hydrogen-bond donors (Lipinski definition) is 2. The summed E-state index contributed by atoms with van der Waals surface area (Å²) in [6.07, 6.45) is 4.53. The number of pyridine rings is 1. The molecule has 6 rings (SSSR count). The lowest BCUT2D eigenvalue weighted by Crippen LogP contribution is -2.55. The van der Waals surface area contributed by atoms with Crippen molar-refractivity contribution in [2.75, 3.05) is 38.5 Å². The summed E-state index contributed by atoms with van der Waals surface area (Å²) in [6, 6.07) is 20.1. The van der Waals surface area contributed by atoms with E-state index < -0.39 is 11.4 Å². The van der Waals surface area contributed by atoms with Gasteiger partial charge in [-0.3, -0.25) is 23.6 Å². The van der Waals surface area contributed by atoms with Crippen LogP contribution in [0.5, 0.6) is 11.5 Å². The number of anilines is 1. The van der Waals surface area contributed by atoms with E-state index >= 15 is 0 Å². The molecule has 236 valence electrons. The van der Waals surface area contributed by atoms with Crippen molar-refractivity contribution in [2.45, 2.75) is 38.3 Å². The van der Waals surface area contributed by atoms with Crippen LogP contribution in [0.4, 0.5) is 5.82 Å². The van der Waals surface area contributed by atoms with Gasteiger partial charge in [0.2, 0.25) is 5.91 Å². The maximum Gasteiger partial charge on any atom is 0.334 e. The van der Waals surface area contributed by atoms with Gasteiger partial charge in [0.15, 0.2) is 0 Å². The summed E-state index contributed by atoms with van der Waals surface area (Å²) in [5.41, 5.74) is 7.07. The third kappa shape index (κ3) is 5.97. The number of para-hydroxylation sites is 1. The number of piperidine rings is 1. The quantitative estimate of drug-likeness (QED) is 0.236. The molecule has 2 fully saturated rings. The van der Waals surface area contributed by atoms with Gasteiger partial charge in [0.25, 0.3) is 5.91 Å². The lowest BCUT2D eigenvalue weighted by atomic mass is 9.96. The Morgan fingerprint density at radius 2 is 1.83 bits per heavy atom. The average Bonchev–Trinajstić information content (AvgIpc) is 3.37. The van der Waals surface area contributed by atoms with Crippen molar-refractivity contribution >= 4 is 28.7 Å². The van der Waals surface area contributed by atoms with E-state index in [1.54, 1.807) is 56.6 Å². The van der Waals surface area contributed by atoms with Gasteiger partial charge in [-0.1, -0.05) is 18.2 Å². The zero-order valence-electron chi connectivity index (χ0n) is 25.8. The van der Waals surface area contributed by atoms with Crippen molar-refractivity contribution < 1.29 is 14.3 Å². The Balaban J connectivity index is 1.29. The highest BCUT2D eigenvalue weighted by atomic mass is 16.5. The lowest BCUT2D eigenvalue weighted by molar-refractivity contribution is -0.128. The van der Waals surface area contributed by atoms with E-state index in [0.29, 0.717) is 60.7 Å². The highest BCUT2D eigenvalue weighted by Crippen LogP contribution is 2.30. The van der Waals surface area contributed by atoms with Gasteiger partial charge in [-0.25, -0.2) is 9.78 Å². The number of carbonyl (C=O) groups excluding carboxylic acids is 2. The number of nitrogens with one attached hydrogen (secondary N) is 1. The van der Waals surface area contributed by atoms with Gasteiger partial charge in [0, 0.05) is 37.9 Å². The van der Waals surface area contributed by atoms with Crippen LogP contribution in [0.3, 0.4) is 0 Å². The number of ether oxygens (including phenoxy) is 1. The molecule has 0 bridgehead atoms. The minimum atomic E-state index is -0.690. The Hall–Kier alpha value is -5.41. The summed E-state index contributed by atoms with van der Waals surface area (Å²) in [6.45, 7) is 5.80. The van der Waals surface area contributed by atoms with Crippen LogP contribution < -0.4 is 21.5 Å². The van der Waals surface area contributed by atoms with Gasteiger partial charge in [0.05, 0.1) is 23.8 Å².